The number of nitrogens with zero attached hydrogens (tertiary/aromatic N) is 3. The van der Waals surface area contributed by atoms with Crippen LogP contribution in [-0.4, -0.2) is 17.1 Å². The van der Waals surface area contributed by atoms with Crippen LogP contribution >= 0.6 is 0 Å². The fourth-order valence-corrected chi connectivity index (χ4v) is 7.33. The Labute approximate surface area is 222 Å². The Kier molecular flexibility index (Phi) is 5.98. The molecule has 0 N–H and O–H groups in total. The number of hydrogen-bond acceptors (Lipinski definition) is 3. The van der Waals surface area contributed by atoms with E-state index >= 15 is 0 Å². The Morgan fingerprint density at radius 1 is 1.11 bits per heavy atom. The molecule has 3 heteroatoms. The van der Waals surface area contributed by atoms with Crippen LogP contribution in [0.5, 0.6) is 0 Å². The molecule has 2 fully saturated rings. The van der Waals surface area contributed by atoms with Gasteiger partial charge in [0.2, 0.25) is 0 Å². The number of pyridine rings is 1. The normalized spacial score (nSPS) is 32.0. The van der Waals surface area contributed by atoms with Crippen LogP contribution in [0.2, 0.25) is 0 Å². The van der Waals surface area contributed by atoms with Gasteiger partial charge in [-0.3, -0.25) is 4.98 Å². The number of para-hydroxylation sites is 1. The van der Waals surface area contributed by atoms with E-state index in [2.05, 4.69) is 129 Å². The molecule has 1 aromatic carbocycles. The molecule has 0 amide bonds. The average molecular weight is 490 g/mol. The maximum Gasteiger partial charge on any atom is 0.0627 e. The van der Waals surface area contributed by atoms with Gasteiger partial charge in [-0.05, 0) is 75.3 Å². The second-order valence-corrected chi connectivity index (χ2v) is 11.4. The molecule has 1 saturated carbocycles. The van der Waals surface area contributed by atoms with Crippen molar-refractivity contribution in [2.24, 2.45) is 16.7 Å². The van der Waals surface area contributed by atoms with Gasteiger partial charge in [-0.1, -0.05) is 74.6 Å². The predicted octanol–water partition coefficient (Wildman–Crippen LogP) is 8.14. The Morgan fingerprint density at radius 2 is 1.95 bits per heavy atom. The number of piperidine rings is 1. The molecule has 190 valence electrons. The summed E-state index contributed by atoms with van der Waals surface area (Å²) in [5.74, 6) is 0.472. The molecule has 1 aromatic heterocycles. The highest BCUT2D eigenvalue weighted by atomic mass is 15.2. The Bertz CT molecular complexity index is 1320. The minimum Gasteiger partial charge on any atom is -0.340 e. The number of fused-ring (bicyclic) bond motifs is 3. The van der Waals surface area contributed by atoms with Crippen molar-refractivity contribution in [3.63, 3.8) is 0 Å². The number of rotatable bonds is 6. The molecule has 6 rings (SSSR count). The topological polar surface area (TPSA) is 19.4 Å². The van der Waals surface area contributed by atoms with Crippen LogP contribution in [0.4, 0.5) is 11.4 Å². The van der Waals surface area contributed by atoms with Crippen molar-refractivity contribution < 1.29 is 0 Å². The highest BCUT2D eigenvalue weighted by Gasteiger charge is 2.73. The number of benzene rings is 1. The zero-order valence-corrected chi connectivity index (χ0v) is 22.6. The quantitative estimate of drug-likeness (QED) is 0.382. The maximum absolute atomic E-state index is 4.71. The average Bonchev–Trinajstić information content (AvgIpc) is 3.57. The number of hydrogen-bond donors (Lipinski definition) is 0. The lowest BCUT2D eigenvalue weighted by Gasteiger charge is -2.51. The van der Waals surface area contributed by atoms with Gasteiger partial charge >= 0.3 is 0 Å². The molecule has 3 aliphatic carbocycles. The van der Waals surface area contributed by atoms with E-state index in [0.717, 1.165) is 25.0 Å². The Hall–Kier alpha value is -3.33. The zero-order chi connectivity index (χ0) is 25.6. The Balaban J connectivity index is 1.49. The summed E-state index contributed by atoms with van der Waals surface area (Å²) in [4.78, 5) is 9.89. The van der Waals surface area contributed by atoms with E-state index in [4.69, 9.17) is 4.98 Å². The summed E-state index contributed by atoms with van der Waals surface area (Å²) in [6.07, 6.45) is 25.3. The number of aryl methyl sites for hydroxylation is 1. The molecule has 1 saturated heterocycles. The van der Waals surface area contributed by atoms with E-state index < -0.39 is 0 Å². The SMILES string of the molecule is CCC=CC12CC1(C)C(C)N(c1cccnc1C)C1=CC(N(c3ccccc3)C3C=CC=CC3)=CCC12. The van der Waals surface area contributed by atoms with E-state index in [0.29, 0.717) is 18.0 Å². The van der Waals surface area contributed by atoms with Crippen molar-refractivity contribution >= 4 is 11.4 Å². The fourth-order valence-electron chi connectivity index (χ4n) is 7.33. The smallest absolute Gasteiger partial charge is 0.0627 e. The first kappa shape index (κ1) is 24.0. The van der Waals surface area contributed by atoms with Crippen molar-refractivity contribution in [3.05, 3.63) is 114 Å². The van der Waals surface area contributed by atoms with Crippen molar-refractivity contribution in [1.82, 2.24) is 4.98 Å². The first-order valence-electron chi connectivity index (χ1n) is 14.0. The molecule has 0 spiro atoms. The third-order valence-corrected chi connectivity index (χ3v) is 9.51. The van der Waals surface area contributed by atoms with E-state index in [1.807, 2.05) is 6.20 Å². The molecule has 3 nitrogen and oxygen atoms in total. The monoisotopic (exact) mass is 489 g/mol. The number of allylic oxidation sites excluding steroid dienone is 7. The van der Waals surface area contributed by atoms with Crippen molar-refractivity contribution in [3.8, 4) is 0 Å². The maximum atomic E-state index is 4.71. The molecular weight excluding hydrogens is 450 g/mol. The van der Waals surface area contributed by atoms with Crippen LogP contribution in [0, 0.1) is 23.7 Å². The summed E-state index contributed by atoms with van der Waals surface area (Å²) in [5.41, 5.74) is 6.84. The molecule has 2 heterocycles. The highest BCUT2D eigenvalue weighted by molar-refractivity contribution is 5.65. The lowest BCUT2D eigenvalue weighted by molar-refractivity contribution is 0.243. The van der Waals surface area contributed by atoms with E-state index in [9.17, 15) is 0 Å². The Morgan fingerprint density at radius 3 is 2.68 bits per heavy atom. The van der Waals surface area contributed by atoms with Gasteiger partial charge in [-0.2, -0.15) is 0 Å². The van der Waals surface area contributed by atoms with E-state index in [1.165, 1.54) is 29.2 Å². The number of aromatic nitrogens is 1. The van der Waals surface area contributed by atoms with Gasteiger partial charge in [0, 0.05) is 40.7 Å². The lowest BCUT2D eigenvalue weighted by Crippen LogP contribution is -2.50. The van der Waals surface area contributed by atoms with Gasteiger partial charge in [-0.15, -0.1) is 0 Å². The molecule has 0 bridgehead atoms. The van der Waals surface area contributed by atoms with Crippen molar-refractivity contribution in [1.29, 1.82) is 0 Å². The molecule has 2 aromatic rings. The van der Waals surface area contributed by atoms with Crippen LogP contribution in [0.3, 0.4) is 0 Å². The summed E-state index contributed by atoms with van der Waals surface area (Å²) in [7, 11) is 0. The third-order valence-electron chi connectivity index (χ3n) is 9.51. The number of anilines is 2. The molecule has 5 atom stereocenters. The van der Waals surface area contributed by atoms with Crippen LogP contribution in [0.25, 0.3) is 0 Å². The molecule has 0 radical (unpaired) electrons. The van der Waals surface area contributed by atoms with Crippen LogP contribution < -0.4 is 9.80 Å². The standard InChI is InChI=1S/C34H39N3/c1-5-6-21-34-24-33(34,4)26(3)36(31-18-13-22-35-25(31)2)32-23-29(19-20-30(32)34)37(27-14-9-7-10-15-27)28-16-11-8-12-17-28/h6-16,18-19,21-23,26,28,30H,5,17,20,24H2,1-4H3. The summed E-state index contributed by atoms with van der Waals surface area (Å²) in [6.45, 7) is 9.36. The van der Waals surface area contributed by atoms with Gasteiger partial charge in [-0.25, -0.2) is 0 Å². The second kappa shape index (κ2) is 9.20. The summed E-state index contributed by atoms with van der Waals surface area (Å²) in [5, 5.41) is 0. The van der Waals surface area contributed by atoms with Gasteiger partial charge in [0.1, 0.15) is 0 Å². The fraction of sp³-hybridized carbons (Fsp3) is 0.382. The first-order valence-corrected chi connectivity index (χ1v) is 14.0. The molecular formula is C34H39N3. The van der Waals surface area contributed by atoms with Crippen LogP contribution in [-0.2, 0) is 0 Å². The van der Waals surface area contributed by atoms with Gasteiger partial charge in [0.25, 0.3) is 0 Å². The summed E-state index contributed by atoms with van der Waals surface area (Å²) < 4.78 is 0. The third kappa shape index (κ3) is 3.74. The van der Waals surface area contributed by atoms with E-state index in [1.54, 1.807) is 0 Å². The van der Waals surface area contributed by atoms with Gasteiger partial charge < -0.3 is 9.80 Å². The van der Waals surface area contributed by atoms with Crippen LogP contribution in [0.1, 0.15) is 52.1 Å². The minimum absolute atomic E-state index is 0.230. The van der Waals surface area contributed by atoms with Crippen molar-refractivity contribution in [2.45, 2.75) is 65.5 Å². The zero-order valence-electron chi connectivity index (χ0n) is 22.6. The second-order valence-electron chi connectivity index (χ2n) is 11.4. The first-order chi connectivity index (χ1) is 18.0. The molecule has 5 unspecified atom stereocenters. The highest BCUT2D eigenvalue weighted by Crippen LogP contribution is 2.76. The van der Waals surface area contributed by atoms with Crippen LogP contribution in [0.15, 0.2) is 109 Å². The molecule has 37 heavy (non-hydrogen) atoms. The molecule has 4 aliphatic rings. The predicted molar refractivity (Wildman–Crippen MR) is 155 cm³/mol. The van der Waals surface area contributed by atoms with E-state index in [-0.39, 0.29) is 10.8 Å². The lowest BCUT2D eigenvalue weighted by atomic mass is 9.69. The minimum atomic E-state index is 0.230. The summed E-state index contributed by atoms with van der Waals surface area (Å²) >= 11 is 0. The molecule has 1 aliphatic heterocycles. The summed E-state index contributed by atoms with van der Waals surface area (Å²) in [6, 6.07) is 15.9. The van der Waals surface area contributed by atoms with Gasteiger partial charge in [0.05, 0.1) is 17.4 Å². The van der Waals surface area contributed by atoms with Crippen molar-refractivity contribution in [2.75, 3.05) is 9.80 Å². The largest absolute Gasteiger partial charge is 0.340 e. The van der Waals surface area contributed by atoms with Gasteiger partial charge in [0.15, 0.2) is 0 Å².